The maximum atomic E-state index is 14.0. The van der Waals surface area contributed by atoms with Crippen LogP contribution in [0, 0.1) is 17.2 Å². The Bertz CT molecular complexity index is 2670. The molecule has 0 aliphatic heterocycles. The highest BCUT2D eigenvalue weighted by atomic mass is 32.2. The number of amides is 5. The molecule has 0 saturated heterocycles. The summed E-state index contributed by atoms with van der Waals surface area (Å²) in [5, 5.41) is 40.6. The molecule has 4 atom stereocenters. The highest BCUT2D eigenvalue weighted by Crippen LogP contribution is 2.21. The second-order valence-corrected chi connectivity index (χ2v) is 27.8. The number of carboxylic acid groups (broad SMARTS) is 1. The zero-order chi connectivity index (χ0) is 75.6. The molecule has 0 aromatic heterocycles. The van der Waals surface area contributed by atoms with E-state index in [0.29, 0.717) is 83.8 Å². The number of carbonyl (C=O) groups excluding carboxylic acids is 9. The van der Waals surface area contributed by atoms with E-state index in [1.807, 2.05) is 13.8 Å². The number of rotatable bonds is 71. The van der Waals surface area contributed by atoms with E-state index in [-0.39, 0.29) is 207 Å². The number of aromatic hydroxyl groups is 1. The normalized spacial score (nSPS) is 12.7. The Balaban J connectivity index is 2.16. The molecule has 31 heteroatoms. The molecule has 0 saturated carbocycles. The molecule has 1 unspecified atom stereocenters. The van der Waals surface area contributed by atoms with Crippen molar-refractivity contribution in [2.24, 2.45) is 23.3 Å². The zero-order valence-corrected chi connectivity index (χ0v) is 61.7. The fraction of sp³-hybridized carbons (Fsp3) is 0.761. The van der Waals surface area contributed by atoms with E-state index in [1.54, 1.807) is 24.1 Å². The number of nitrogens with two attached hydrogens (primary N) is 2. The first-order valence-corrected chi connectivity index (χ1v) is 38.0. The van der Waals surface area contributed by atoms with E-state index >= 15 is 0 Å². The van der Waals surface area contributed by atoms with Crippen molar-refractivity contribution >= 4 is 74.6 Å². The number of ketones is 4. The van der Waals surface area contributed by atoms with Crippen LogP contribution in [0.5, 0.6) is 5.75 Å². The van der Waals surface area contributed by atoms with Crippen LogP contribution in [0.3, 0.4) is 0 Å². The lowest BCUT2D eigenvalue weighted by Gasteiger charge is -2.29. The van der Waals surface area contributed by atoms with E-state index < -0.39 is 46.0 Å². The largest absolute Gasteiger partial charge is 0.508 e. The van der Waals surface area contributed by atoms with E-state index in [9.17, 15) is 66.6 Å². The van der Waals surface area contributed by atoms with Crippen molar-refractivity contribution in [3.8, 4) is 5.75 Å². The number of likely N-dealkylation sites (N-methyl/N-ethyl adjacent to an activating group) is 1. The standard InChI is InChI=1S/C71H123N9O21S/c1-54(2)46-59(83)49-78-60(64(85)50-80(3)62(24-16-17-25-65(72)73)63(84)48-56(70(74)90)47-55-27-29-57(81)30-28-55)23-18-19-33-75-68(88)52-100-43-39-96-36-21-22-58(82)51-99-42-40-98-38-35-77-69(89)53-101-44-41-97-37-34-76-66(86)32-31-61(71(91)92)79-67(87)26-15-13-11-9-7-5-4-6-8-10-12-14-20-45-102(93,94)95/h27-30,54,56,60-62,78,81H,4-26,31-53H2,1-3H3,(H3,72,73)(H2,74,90)(H,75,88)(H,76,86)(H,77,89)(H,79,87)(H,91,92)(H,93,94,95)/t56-,60+,61?,62+/m1/s1. The van der Waals surface area contributed by atoms with Gasteiger partial charge in [-0.25, -0.2) is 4.79 Å². The molecule has 0 bridgehead atoms. The number of carboxylic acids is 1. The van der Waals surface area contributed by atoms with Crippen LogP contribution in [0.25, 0.3) is 0 Å². The second-order valence-electron chi connectivity index (χ2n) is 26.2. The number of benzene rings is 1. The van der Waals surface area contributed by atoms with E-state index in [2.05, 4.69) is 26.6 Å². The smallest absolute Gasteiger partial charge is 0.326 e. The fourth-order valence-corrected chi connectivity index (χ4v) is 11.4. The number of primary amides is 1. The van der Waals surface area contributed by atoms with Gasteiger partial charge in [0.2, 0.25) is 29.5 Å². The number of ether oxygens (including phenoxy) is 6. The number of carbonyl (C=O) groups is 10. The van der Waals surface area contributed by atoms with Gasteiger partial charge in [0.15, 0.2) is 17.3 Å². The van der Waals surface area contributed by atoms with Gasteiger partial charge in [0.05, 0.1) is 89.6 Å². The highest BCUT2D eigenvalue weighted by Gasteiger charge is 2.31. The molecule has 1 aromatic carbocycles. The quantitative estimate of drug-likeness (QED) is 0.0184. The summed E-state index contributed by atoms with van der Waals surface area (Å²) < 4.78 is 62.8. The Morgan fingerprint density at radius 3 is 1.58 bits per heavy atom. The Morgan fingerprint density at radius 2 is 1.03 bits per heavy atom. The Morgan fingerprint density at radius 1 is 0.520 bits per heavy atom. The van der Waals surface area contributed by atoms with Crippen molar-refractivity contribution in [2.45, 2.75) is 212 Å². The van der Waals surface area contributed by atoms with Crippen LogP contribution in [0.4, 0.5) is 0 Å². The van der Waals surface area contributed by atoms with Gasteiger partial charge in [-0.15, -0.1) is 0 Å². The molecule has 0 radical (unpaired) electrons. The zero-order valence-electron chi connectivity index (χ0n) is 60.9. The van der Waals surface area contributed by atoms with Gasteiger partial charge >= 0.3 is 5.97 Å². The van der Waals surface area contributed by atoms with Gasteiger partial charge in [0, 0.05) is 70.7 Å². The minimum atomic E-state index is -3.86. The molecule has 0 heterocycles. The number of aliphatic carboxylic acids is 1. The van der Waals surface area contributed by atoms with Crippen LogP contribution < -0.4 is 38.1 Å². The van der Waals surface area contributed by atoms with E-state index in [1.165, 1.54) is 12.1 Å². The minimum absolute atomic E-state index is 0.0141. The first-order chi connectivity index (χ1) is 48.8. The Hall–Kier alpha value is -6.42. The van der Waals surface area contributed by atoms with Crippen molar-refractivity contribution < 1.29 is 99.6 Å². The van der Waals surface area contributed by atoms with Crippen molar-refractivity contribution in [3.05, 3.63) is 29.8 Å². The van der Waals surface area contributed by atoms with Gasteiger partial charge in [-0.3, -0.25) is 58.0 Å². The number of amidine groups is 1. The molecule has 0 fully saturated rings. The number of nitrogens with one attached hydrogen (secondary N) is 6. The van der Waals surface area contributed by atoms with Gasteiger partial charge in [-0.2, -0.15) is 8.42 Å². The molecule has 584 valence electrons. The van der Waals surface area contributed by atoms with Crippen LogP contribution >= 0.6 is 0 Å². The number of hydrogen-bond donors (Lipinski definition) is 11. The number of Topliss-reactive ketones (excluding diaryl/α,β-unsaturated/α-hetero) is 4. The Kier molecular flexibility index (Phi) is 55.0. The summed E-state index contributed by atoms with van der Waals surface area (Å²) in [6.45, 7) is 5.66. The summed E-state index contributed by atoms with van der Waals surface area (Å²) in [5.74, 6) is -4.75. The molecule has 0 aliphatic carbocycles. The molecule has 102 heavy (non-hydrogen) atoms. The average Bonchev–Trinajstić information content (AvgIpc) is 0.889. The lowest BCUT2D eigenvalue weighted by molar-refractivity contribution is -0.142. The maximum absolute atomic E-state index is 14.0. The molecule has 1 rings (SSSR count). The summed E-state index contributed by atoms with van der Waals surface area (Å²) in [6.07, 6.45) is 16.8. The van der Waals surface area contributed by atoms with Crippen LogP contribution in [0.1, 0.15) is 193 Å². The third-order valence-electron chi connectivity index (χ3n) is 16.4. The van der Waals surface area contributed by atoms with Crippen LogP contribution in [-0.4, -0.2) is 235 Å². The number of phenols is 1. The second kappa shape index (κ2) is 59.9. The molecular weight excluding hydrogens is 1350 g/mol. The molecule has 13 N–H and O–H groups in total. The summed E-state index contributed by atoms with van der Waals surface area (Å²) in [6, 6.07) is 3.63. The SMILES string of the molecule is CC(C)CC(=O)CN[C@@H](CCCCNC(=O)COCCOCCCC(=O)COCCOCCNC(=O)COCCOCCNC(=O)CCC(NC(=O)CCCCCCCCCCCCCCCS(=O)(=O)O)C(=O)O)C(=O)CN(C)[C@@H](CCCCC(=N)N)C(=O)C[C@@H](Cc1ccc(O)cc1)C(N)=O. The molecule has 1 aromatic rings. The maximum Gasteiger partial charge on any atom is 0.326 e. The predicted molar refractivity (Wildman–Crippen MR) is 384 cm³/mol. The molecule has 0 spiro atoms. The van der Waals surface area contributed by atoms with Gasteiger partial charge in [0.25, 0.3) is 10.1 Å². The predicted octanol–water partition coefficient (Wildman–Crippen LogP) is 4.60. The molecule has 5 amide bonds. The van der Waals surface area contributed by atoms with Crippen molar-refractivity contribution in [1.82, 2.24) is 31.5 Å². The average molecular weight is 1470 g/mol. The summed E-state index contributed by atoms with van der Waals surface area (Å²) in [5.41, 5.74) is 12.0. The van der Waals surface area contributed by atoms with Gasteiger partial charge in [-0.1, -0.05) is 103 Å². The van der Waals surface area contributed by atoms with Crippen LogP contribution in [0.15, 0.2) is 24.3 Å². The van der Waals surface area contributed by atoms with Crippen LogP contribution in [-0.2, 0) is 92.9 Å². The molecule has 0 aliphatic rings. The molecule has 30 nitrogen and oxygen atoms in total. The number of nitrogens with zero attached hydrogens (tertiary/aromatic N) is 1. The first-order valence-electron chi connectivity index (χ1n) is 36.4. The molecular formula is C71H123N9O21S. The summed E-state index contributed by atoms with van der Waals surface area (Å²) >= 11 is 0. The summed E-state index contributed by atoms with van der Waals surface area (Å²) in [7, 11) is -2.20. The third-order valence-corrected chi connectivity index (χ3v) is 17.2. The summed E-state index contributed by atoms with van der Waals surface area (Å²) in [4.78, 5) is 128. The number of phenolic OH excluding ortho intramolecular Hbond substituents is 1. The Labute approximate surface area is 604 Å². The van der Waals surface area contributed by atoms with E-state index in [4.69, 9.17) is 49.9 Å². The van der Waals surface area contributed by atoms with Gasteiger partial charge in [-0.05, 0) is 94.9 Å². The monoisotopic (exact) mass is 1470 g/mol. The lowest BCUT2D eigenvalue weighted by atomic mass is 9.89. The van der Waals surface area contributed by atoms with Crippen LogP contribution in [0.2, 0.25) is 0 Å². The fourth-order valence-electron chi connectivity index (χ4n) is 10.8. The number of unbranched alkanes of at least 4 members (excludes halogenated alkanes) is 14. The van der Waals surface area contributed by atoms with Gasteiger partial charge < -0.3 is 76.7 Å². The van der Waals surface area contributed by atoms with Crippen molar-refractivity contribution in [1.29, 1.82) is 5.41 Å². The third kappa shape index (κ3) is 55.2. The van der Waals surface area contributed by atoms with Crippen molar-refractivity contribution in [3.63, 3.8) is 0 Å². The van der Waals surface area contributed by atoms with Crippen molar-refractivity contribution in [2.75, 3.05) is 125 Å². The minimum Gasteiger partial charge on any atom is -0.508 e. The highest BCUT2D eigenvalue weighted by molar-refractivity contribution is 7.85. The lowest BCUT2D eigenvalue weighted by Crippen LogP contribution is -2.48. The topological polar surface area (TPSA) is 460 Å². The number of hydrogen-bond acceptors (Lipinski definition) is 22. The first kappa shape index (κ1) is 93.6. The van der Waals surface area contributed by atoms with Gasteiger partial charge in [0.1, 0.15) is 37.4 Å². The van der Waals surface area contributed by atoms with E-state index in [0.717, 1.165) is 76.2 Å².